The number of hydrogen-bond acceptors (Lipinski definition) is 1. The monoisotopic (exact) mass is 369 g/mol. The van der Waals surface area contributed by atoms with E-state index in [9.17, 15) is 0 Å². The molecule has 2 unspecified atom stereocenters. The molecule has 1 aliphatic heterocycles. The molecule has 0 spiro atoms. The Morgan fingerprint density at radius 1 is 0.808 bits per heavy atom. The number of rotatable bonds is 4. The predicted molar refractivity (Wildman–Crippen MR) is 114 cm³/mol. The van der Waals surface area contributed by atoms with E-state index >= 15 is 0 Å². The number of fused-ring (bicyclic) bond motifs is 1. The van der Waals surface area contributed by atoms with Crippen LogP contribution in [0.1, 0.15) is 65.2 Å². The van der Waals surface area contributed by atoms with Gasteiger partial charge in [-0.3, -0.25) is 0 Å². The molecule has 0 aromatic heterocycles. The standard InChI is InChI=1S/C24H33OS/c1-18-13-14-19(2)26(18)24-16-15-23(21-11-7-8-12-22(21)24)25-17-20-9-5-3-4-6-10-20/h7-8,11-12,15-16,18-20H,3-6,9-10,13-14,17H2,1-2H3/q+1. The first-order valence-corrected chi connectivity index (χ1v) is 12.0. The highest BCUT2D eigenvalue weighted by atomic mass is 32.2. The maximum absolute atomic E-state index is 6.39. The van der Waals surface area contributed by atoms with Crippen LogP contribution in [0.5, 0.6) is 5.75 Å². The third-order valence-corrected chi connectivity index (χ3v) is 9.46. The van der Waals surface area contributed by atoms with Gasteiger partial charge in [-0.25, -0.2) is 0 Å². The molecule has 2 heteroatoms. The summed E-state index contributed by atoms with van der Waals surface area (Å²) in [7, 11) is 0.371. The predicted octanol–water partition coefficient (Wildman–Crippen LogP) is 6.74. The van der Waals surface area contributed by atoms with Crippen molar-refractivity contribution in [1.29, 1.82) is 0 Å². The van der Waals surface area contributed by atoms with Crippen LogP contribution in [-0.2, 0) is 10.9 Å². The maximum atomic E-state index is 6.39. The SMILES string of the molecule is CC1CCC(C)[S+]1c1ccc(OCC2CCCCCC2)c2ccccc12. The lowest BCUT2D eigenvalue weighted by Crippen LogP contribution is -2.20. The van der Waals surface area contributed by atoms with Crippen molar-refractivity contribution in [2.75, 3.05) is 6.61 Å². The molecule has 0 N–H and O–H groups in total. The Balaban J connectivity index is 1.60. The highest BCUT2D eigenvalue weighted by Crippen LogP contribution is 2.40. The summed E-state index contributed by atoms with van der Waals surface area (Å²) in [4.78, 5) is 1.57. The fourth-order valence-electron chi connectivity index (χ4n) is 4.87. The van der Waals surface area contributed by atoms with Gasteiger partial charge in [0.1, 0.15) is 16.2 Å². The average molecular weight is 370 g/mol. The molecular weight excluding hydrogens is 336 g/mol. The summed E-state index contributed by atoms with van der Waals surface area (Å²) in [6, 6.07) is 13.6. The minimum Gasteiger partial charge on any atom is -0.493 e. The summed E-state index contributed by atoms with van der Waals surface area (Å²) in [5.41, 5.74) is 0. The van der Waals surface area contributed by atoms with Crippen molar-refractivity contribution in [3.05, 3.63) is 36.4 Å². The summed E-state index contributed by atoms with van der Waals surface area (Å²) in [6.07, 6.45) is 11.0. The van der Waals surface area contributed by atoms with Crippen LogP contribution in [0.15, 0.2) is 41.3 Å². The largest absolute Gasteiger partial charge is 0.493 e. The quantitative estimate of drug-likeness (QED) is 0.428. The Bertz CT molecular complexity index is 722. The van der Waals surface area contributed by atoms with E-state index in [1.807, 2.05) is 0 Å². The second kappa shape index (κ2) is 8.25. The zero-order valence-corrected chi connectivity index (χ0v) is 17.2. The average Bonchev–Trinajstić information content (AvgIpc) is 2.86. The normalized spacial score (nSPS) is 27.5. The van der Waals surface area contributed by atoms with Crippen molar-refractivity contribution in [3.8, 4) is 5.75 Å². The van der Waals surface area contributed by atoms with Crippen molar-refractivity contribution in [2.24, 2.45) is 5.92 Å². The molecule has 26 heavy (non-hydrogen) atoms. The van der Waals surface area contributed by atoms with E-state index in [-0.39, 0.29) is 0 Å². The molecule has 1 aliphatic carbocycles. The number of benzene rings is 2. The van der Waals surface area contributed by atoms with Crippen LogP contribution in [0, 0.1) is 5.92 Å². The molecule has 0 bridgehead atoms. The lowest BCUT2D eigenvalue weighted by atomic mass is 10.0. The molecule has 2 aliphatic rings. The molecular formula is C24H33OS+. The first kappa shape index (κ1) is 18.2. The minimum absolute atomic E-state index is 0.371. The topological polar surface area (TPSA) is 9.23 Å². The molecule has 1 nitrogen and oxygen atoms in total. The van der Waals surface area contributed by atoms with Crippen LogP contribution >= 0.6 is 0 Å². The number of ether oxygens (including phenoxy) is 1. The summed E-state index contributed by atoms with van der Waals surface area (Å²) in [5.74, 6) is 1.84. The van der Waals surface area contributed by atoms with Gasteiger partial charge in [-0.1, -0.05) is 43.9 Å². The van der Waals surface area contributed by atoms with Crippen LogP contribution in [0.3, 0.4) is 0 Å². The summed E-state index contributed by atoms with van der Waals surface area (Å²) in [5, 5.41) is 4.37. The Labute approximate surface area is 161 Å². The third-order valence-electron chi connectivity index (χ3n) is 6.39. The van der Waals surface area contributed by atoms with E-state index in [1.54, 1.807) is 4.90 Å². The fraction of sp³-hybridized carbons (Fsp3) is 0.583. The zero-order valence-electron chi connectivity index (χ0n) is 16.4. The molecule has 1 saturated heterocycles. The smallest absolute Gasteiger partial charge is 0.163 e. The van der Waals surface area contributed by atoms with Crippen molar-refractivity contribution >= 4 is 21.7 Å². The molecule has 1 saturated carbocycles. The first-order valence-electron chi connectivity index (χ1n) is 10.6. The third kappa shape index (κ3) is 3.76. The summed E-state index contributed by atoms with van der Waals surface area (Å²) in [6.45, 7) is 5.78. The first-order chi connectivity index (χ1) is 12.7. The van der Waals surface area contributed by atoms with E-state index in [1.165, 1.54) is 62.1 Å². The molecule has 0 radical (unpaired) electrons. The van der Waals surface area contributed by atoms with Crippen molar-refractivity contribution < 1.29 is 4.74 Å². The van der Waals surface area contributed by atoms with E-state index in [0.29, 0.717) is 10.9 Å². The van der Waals surface area contributed by atoms with E-state index < -0.39 is 0 Å². The van der Waals surface area contributed by atoms with E-state index in [4.69, 9.17) is 4.74 Å². The van der Waals surface area contributed by atoms with Crippen LogP contribution in [0.2, 0.25) is 0 Å². The van der Waals surface area contributed by atoms with Gasteiger partial charge in [0.25, 0.3) is 0 Å². The Morgan fingerprint density at radius 2 is 1.46 bits per heavy atom. The van der Waals surface area contributed by atoms with Gasteiger partial charge in [-0.15, -0.1) is 0 Å². The van der Waals surface area contributed by atoms with Crippen molar-refractivity contribution in [1.82, 2.24) is 0 Å². The highest BCUT2D eigenvalue weighted by Gasteiger charge is 2.42. The van der Waals surface area contributed by atoms with Crippen LogP contribution in [0.4, 0.5) is 0 Å². The molecule has 1 heterocycles. The molecule has 2 fully saturated rings. The van der Waals surface area contributed by atoms with Gasteiger partial charge in [-0.05, 0) is 63.6 Å². The lowest BCUT2D eigenvalue weighted by Gasteiger charge is -2.18. The van der Waals surface area contributed by atoms with Gasteiger partial charge >= 0.3 is 0 Å². The van der Waals surface area contributed by atoms with E-state index in [0.717, 1.165) is 28.8 Å². The Hall–Kier alpha value is -1.15. The van der Waals surface area contributed by atoms with E-state index in [2.05, 4.69) is 50.2 Å². The number of hydrogen-bond donors (Lipinski definition) is 0. The second-order valence-electron chi connectivity index (χ2n) is 8.35. The van der Waals surface area contributed by atoms with Crippen molar-refractivity contribution in [2.45, 2.75) is 80.6 Å². The molecule has 140 valence electrons. The highest BCUT2D eigenvalue weighted by molar-refractivity contribution is 7.98. The molecule has 4 rings (SSSR count). The Morgan fingerprint density at radius 3 is 2.15 bits per heavy atom. The zero-order chi connectivity index (χ0) is 17.9. The molecule has 0 amide bonds. The molecule has 2 aromatic carbocycles. The van der Waals surface area contributed by atoms with Gasteiger partial charge in [0, 0.05) is 21.7 Å². The fourth-order valence-corrected chi connectivity index (χ4v) is 7.96. The summed E-state index contributed by atoms with van der Waals surface area (Å²) >= 11 is 0. The second-order valence-corrected chi connectivity index (χ2v) is 11.1. The van der Waals surface area contributed by atoms with Crippen LogP contribution < -0.4 is 4.74 Å². The van der Waals surface area contributed by atoms with Gasteiger partial charge in [0.2, 0.25) is 0 Å². The van der Waals surface area contributed by atoms with Gasteiger partial charge < -0.3 is 4.74 Å². The van der Waals surface area contributed by atoms with Crippen LogP contribution in [-0.4, -0.2) is 17.1 Å². The van der Waals surface area contributed by atoms with Gasteiger partial charge in [-0.2, -0.15) is 0 Å². The molecule has 2 atom stereocenters. The minimum atomic E-state index is 0.371. The van der Waals surface area contributed by atoms with Crippen LogP contribution in [0.25, 0.3) is 10.8 Å². The summed E-state index contributed by atoms with van der Waals surface area (Å²) < 4.78 is 6.39. The molecule has 2 aromatic rings. The maximum Gasteiger partial charge on any atom is 0.163 e. The van der Waals surface area contributed by atoms with Crippen molar-refractivity contribution in [3.63, 3.8) is 0 Å². The van der Waals surface area contributed by atoms with Gasteiger partial charge in [0.05, 0.1) is 6.61 Å². The van der Waals surface area contributed by atoms with Gasteiger partial charge in [0.15, 0.2) is 4.90 Å². The Kier molecular flexibility index (Phi) is 5.78. The lowest BCUT2D eigenvalue weighted by molar-refractivity contribution is 0.236.